The SMILES string of the molecule is C#CC[C@H](C)CC(=O)c1cc(CCCC)c(O)c(CCCC)c1. The number of carbonyl (C=O) groups excluding carboxylic acids is 1. The zero-order valence-electron chi connectivity index (χ0n) is 14.8. The molecule has 0 radical (unpaired) electrons. The van der Waals surface area contributed by atoms with Gasteiger partial charge in [0.05, 0.1) is 0 Å². The maximum atomic E-state index is 12.5. The van der Waals surface area contributed by atoms with Gasteiger partial charge in [-0.3, -0.25) is 4.79 Å². The van der Waals surface area contributed by atoms with Crippen molar-refractivity contribution in [1.82, 2.24) is 0 Å². The number of hydrogen-bond acceptors (Lipinski definition) is 2. The quantitative estimate of drug-likeness (QED) is 0.469. The minimum Gasteiger partial charge on any atom is -0.507 e. The molecule has 1 aromatic rings. The third kappa shape index (κ3) is 6.10. The molecule has 0 bridgehead atoms. The lowest BCUT2D eigenvalue weighted by atomic mass is 9.92. The Hall–Kier alpha value is -1.75. The lowest BCUT2D eigenvalue weighted by molar-refractivity contribution is 0.0965. The Morgan fingerprint density at radius 3 is 2.13 bits per heavy atom. The summed E-state index contributed by atoms with van der Waals surface area (Å²) in [5.74, 6) is 3.33. The summed E-state index contributed by atoms with van der Waals surface area (Å²) in [6, 6.07) is 3.76. The molecule has 0 unspecified atom stereocenters. The van der Waals surface area contributed by atoms with Crippen LogP contribution < -0.4 is 0 Å². The summed E-state index contributed by atoms with van der Waals surface area (Å²) in [6.45, 7) is 6.27. The summed E-state index contributed by atoms with van der Waals surface area (Å²) in [6.07, 6.45) is 12.2. The number of aryl methyl sites for hydroxylation is 2. The lowest BCUT2D eigenvalue weighted by Crippen LogP contribution is -2.07. The number of carbonyl (C=O) groups is 1. The summed E-state index contributed by atoms with van der Waals surface area (Å²) in [7, 11) is 0. The zero-order valence-corrected chi connectivity index (χ0v) is 14.8. The summed E-state index contributed by atoms with van der Waals surface area (Å²) in [5.41, 5.74) is 2.55. The Balaban J connectivity index is 3.05. The molecule has 0 saturated carbocycles. The number of terminal acetylenes is 1. The van der Waals surface area contributed by atoms with Crippen LogP contribution in [-0.2, 0) is 12.8 Å². The highest BCUT2D eigenvalue weighted by Crippen LogP contribution is 2.29. The second-order valence-electron chi connectivity index (χ2n) is 6.49. The molecule has 0 aliphatic rings. The number of unbranched alkanes of at least 4 members (excludes halogenated alkanes) is 2. The number of phenols is 1. The standard InChI is InChI=1S/C21H30O2/c1-5-8-11-17-14-19(20(22)13-16(4)10-7-3)15-18(21(17)23)12-9-6-2/h3,14-16,23H,5-6,8-13H2,1-2,4H3/t16-/m0/s1. The van der Waals surface area contributed by atoms with Crippen LogP contribution in [0.1, 0.15) is 80.8 Å². The molecule has 0 aliphatic heterocycles. The summed E-state index contributed by atoms with van der Waals surface area (Å²) in [5, 5.41) is 10.5. The highest BCUT2D eigenvalue weighted by atomic mass is 16.3. The van der Waals surface area contributed by atoms with Crippen LogP contribution in [0.5, 0.6) is 5.75 Å². The molecular weight excluding hydrogens is 284 g/mol. The normalized spacial score (nSPS) is 11.9. The smallest absolute Gasteiger partial charge is 0.163 e. The molecule has 1 N–H and O–H groups in total. The van der Waals surface area contributed by atoms with Crippen molar-refractivity contribution in [1.29, 1.82) is 0 Å². The molecule has 1 rings (SSSR count). The van der Waals surface area contributed by atoms with Crippen molar-refractivity contribution in [3.8, 4) is 18.1 Å². The minimum atomic E-state index is 0.128. The number of aromatic hydroxyl groups is 1. The predicted octanol–water partition coefficient (Wildman–Crippen LogP) is 5.31. The third-order valence-electron chi connectivity index (χ3n) is 4.19. The zero-order chi connectivity index (χ0) is 17.2. The number of Topliss-reactive ketones (excluding diaryl/α,β-unsaturated/α-hetero) is 1. The first-order valence-electron chi connectivity index (χ1n) is 8.84. The molecular formula is C21H30O2. The van der Waals surface area contributed by atoms with Gasteiger partial charge in [0.25, 0.3) is 0 Å². The fourth-order valence-electron chi connectivity index (χ4n) is 2.74. The van der Waals surface area contributed by atoms with E-state index in [1.165, 1.54) is 0 Å². The maximum absolute atomic E-state index is 12.5. The van der Waals surface area contributed by atoms with E-state index in [0.29, 0.717) is 18.6 Å². The van der Waals surface area contributed by atoms with Crippen LogP contribution >= 0.6 is 0 Å². The van der Waals surface area contributed by atoms with Crippen LogP contribution in [0.4, 0.5) is 0 Å². The van der Waals surface area contributed by atoms with Gasteiger partial charge in [-0.1, -0.05) is 33.6 Å². The van der Waals surface area contributed by atoms with Crippen molar-refractivity contribution in [2.75, 3.05) is 0 Å². The fourth-order valence-corrected chi connectivity index (χ4v) is 2.74. The highest BCUT2D eigenvalue weighted by molar-refractivity contribution is 5.96. The Morgan fingerprint density at radius 2 is 1.70 bits per heavy atom. The molecule has 0 aromatic heterocycles. The molecule has 2 heteroatoms. The van der Waals surface area contributed by atoms with Crippen LogP contribution in [-0.4, -0.2) is 10.9 Å². The van der Waals surface area contributed by atoms with Gasteiger partial charge in [-0.05, 0) is 54.9 Å². The number of benzene rings is 1. The minimum absolute atomic E-state index is 0.128. The van der Waals surface area contributed by atoms with E-state index in [2.05, 4.69) is 19.8 Å². The average Bonchev–Trinajstić information content (AvgIpc) is 2.52. The lowest BCUT2D eigenvalue weighted by Gasteiger charge is -2.14. The molecule has 1 atom stereocenters. The van der Waals surface area contributed by atoms with E-state index in [-0.39, 0.29) is 11.7 Å². The van der Waals surface area contributed by atoms with Crippen molar-refractivity contribution in [3.05, 3.63) is 28.8 Å². The van der Waals surface area contributed by atoms with E-state index in [9.17, 15) is 9.90 Å². The van der Waals surface area contributed by atoms with E-state index in [4.69, 9.17) is 6.42 Å². The summed E-state index contributed by atoms with van der Waals surface area (Å²) in [4.78, 5) is 12.5. The first-order chi connectivity index (χ1) is 11.0. The summed E-state index contributed by atoms with van der Waals surface area (Å²) < 4.78 is 0. The van der Waals surface area contributed by atoms with Crippen molar-refractivity contribution in [2.45, 2.75) is 72.1 Å². The van der Waals surface area contributed by atoms with Crippen molar-refractivity contribution < 1.29 is 9.90 Å². The van der Waals surface area contributed by atoms with Gasteiger partial charge in [-0.25, -0.2) is 0 Å². The van der Waals surface area contributed by atoms with Crippen molar-refractivity contribution >= 4 is 5.78 Å². The predicted molar refractivity (Wildman–Crippen MR) is 96.9 cm³/mol. The Bertz CT molecular complexity index is 522. The number of phenolic OH excluding ortho intramolecular Hbond substituents is 1. The van der Waals surface area contributed by atoms with E-state index >= 15 is 0 Å². The summed E-state index contributed by atoms with van der Waals surface area (Å²) >= 11 is 0. The van der Waals surface area contributed by atoms with Crippen molar-refractivity contribution in [2.24, 2.45) is 5.92 Å². The molecule has 0 saturated heterocycles. The first-order valence-corrected chi connectivity index (χ1v) is 8.84. The Kier molecular flexibility index (Phi) is 8.48. The highest BCUT2D eigenvalue weighted by Gasteiger charge is 2.16. The molecule has 126 valence electrons. The van der Waals surface area contributed by atoms with Crippen LogP contribution in [0, 0.1) is 18.3 Å². The average molecular weight is 314 g/mol. The van der Waals surface area contributed by atoms with E-state index in [1.807, 2.05) is 19.1 Å². The topological polar surface area (TPSA) is 37.3 Å². The van der Waals surface area contributed by atoms with Gasteiger partial charge in [0.1, 0.15) is 5.75 Å². The maximum Gasteiger partial charge on any atom is 0.163 e. The van der Waals surface area contributed by atoms with Crippen LogP contribution in [0.2, 0.25) is 0 Å². The molecule has 0 fully saturated rings. The number of rotatable bonds is 10. The van der Waals surface area contributed by atoms with Gasteiger partial charge in [0.2, 0.25) is 0 Å². The Morgan fingerprint density at radius 1 is 1.17 bits per heavy atom. The van der Waals surface area contributed by atoms with E-state index in [1.54, 1.807) is 0 Å². The van der Waals surface area contributed by atoms with Gasteiger partial charge in [-0.15, -0.1) is 12.3 Å². The fraction of sp³-hybridized carbons (Fsp3) is 0.571. The monoisotopic (exact) mass is 314 g/mol. The second kappa shape index (κ2) is 10.1. The molecule has 23 heavy (non-hydrogen) atoms. The largest absolute Gasteiger partial charge is 0.507 e. The molecule has 1 aromatic carbocycles. The molecule has 0 spiro atoms. The molecule has 2 nitrogen and oxygen atoms in total. The molecule has 0 heterocycles. The Labute approximate surface area is 141 Å². The molecule has 0 aliphatic carbocycles. The van der Waals surface area contributed by atoms with Gasteiger partial charge < -0.3 is 5.11 Å². The van der Waals surface area contributed by atoms with Gasteiger partial charge in [0, 0.05) is 18.4 Å². The van der Waals surface area contributed by atoms with E-state index in [0.717, 1.165) is 55.2 Å². The van der Waals surface area contributed by atoms with Crippen LogP contribution in [0.15, 0.2) is 12.1 Å². The second-order valence-corrected chi connectivity index (χ2v) is 6.49. The van der Waals surface area contributed by atoms with Crippen molar-refractivity contribution in [3.63, 3.8) is 0 Å². The van der Waals surface area contributed by atoms with E-state index < -0.39 is 0 Å². The number of hydrogen-bond donors (Lipinski definition) is 1. The third-order valence-corrected chi connectivity index (χ3v) is 4.19. The molecule has 0 amide bonds. The van der Waals surface area contributed by atoms with Gasteiger partial charge in [0.15, 0.2) is 5.78 Å². The van der Waals surface area contributed by atoms with Gasteiger partial charge >= 0.3 is 0 Å². The van der Waals surface area contributed by atoms with Crippen LogP contribution in [0.3, 0.4) is 0 Å². The number of ketones is 1. The van der Waals surface area contributed by atoms with Gasteiger partial charge in [-0.2, -0.15) is 0 Å². The first kappa shape index (κ1) is 19.3. The van der Waals surface area contributed by atoms with Crippen LogP contribution in [0.25, 0.3) is 0 Å².